The van der Waals surface area contributed by atoms with Crippen molar-refractivity contribution in [2.24, 2.45) is 5.92 Å². The molecular weight excluding hydrogens is 393 g/mol. The summed E-state index contributed by atoms with van der Waals surface area (Å²) in [5.41, 5.74) is 2.14. The average molecular weight is 416 g/mol. The van der Waals surface area contributed by atoms with Crippen LogP contribution in [0.25, 0.3) is 10.9 Å². The predicted molar refractivity (Wildman–Crippen MR) is 116 cm³/mol. The summed E-state index contributed by atoms with van der Waals surface area (Å²) in [6.07, 6.45) is 2.44. The predicted octanol–water partition coefficient (Wildman–Crippen LogP) is 4.78. The molecule has 1 unspecified atom stereocenters. The number of fused-ring (bicyclic) bond motifs is 1. The van der Waals surface area contributed by atoms with E-state index in [1.165, 1.54) is 25.0 Å². The molecule has 1 aromatic heterocycles. The summed E-state index contributed by atoms with van der Waals surface area (Å²) in [5.74, 6) is 1.29. The number of anilines is 4. The van der Waals surface area contributed by atoms with E-state index in [0.717, 1.165) is 22.4 Å². The fourth-order valence-electron chi connectivity index (χ4n) is 3.28. The second-order valence-corrected chi connectivity index (χ2v) is 7.68. The highest BCUT2D eigenvalue weighted by molar-refractivity contribution is 6.31. The van der Waals surface area contributed by atoms with E-state index in [1.54, 1.807) is 6.07 Å². The first-order valence-corrected chi connectivity index (χ1v) is 10.1. The monoisotopic (exact) mass is 415 g/mol. The molecule has 1 aliphatic carbocycles. The molecule has 152 valence electrons. The van der Waals surface area contributed by atoms with Crippen molar-refractivity contribution in [3.05, 3.63) is 47.2 Å². The van der Waals surface area contributed by atoms with Gasteiger partial charge in [-0.25, -0.2) is 9.37 Å². The average Bonchev–Trinajstić information content (AvgIpc) is 3.55. The highest BCUT2D eigenvalue weighted by Crippen LogP contribution is 2.36. The van der Waals surface area contributed by atoms with E-state index in [-0.39, 0.29) is 11.6 Å². The molecule has 1 aliphatic rings. The molecule has 1 saturated carbocycles. The van der Waals surface area contributed by atoms with Gasteiger partial charge in [0.25, 0.3) is 0 Å². The number of aliphatic hydroxyl groups is 1. The van der Waals surface area contributed by atoms with E-state index in [0.29, 0.717) is 30.1 Å². The van der Waals surface area contributed by atoms with E-state index >= 15 is 0 Å². The fourth-order valence-corrected chi connectivity index (χ4v) is 3.46. The van der Waals surface area contributed by atoms with Gasteiger partial charge in [0.15, 0.2) is 0 Å². The molecule has 0 radical (unpaired) electrons. The number of hydrogen-bond donors (Lipinski definition) is 4. The Kier molecular flexibility index (Phi) is 5.69. The standard InChI is InChI=1S/C21H23ClFN5O/c1-12(13-5-6-13)25-20-15-3-2-4-18(24-9-10-29)19(15)27-21(28-20)26-14-7-8-17(23)16(22)11-14/h2-4,7-8,11-13,24,29H,5-6,9-10H2,1H3,(H2,25,26,27,28). The molecule has 29 heavy (non-hydrogen) atoms. The zero-order valence-corrected chi connectivity index (χ0v) is 16.8. The van der Waals surface area contributed by atoms with Crippen molar-refractivity contribution in [3.63, 3.8) is 0 Å². The van der Waals surface area contributed by atoms with Crippen LogP contribution in [0, 0.1) is 11.7 Å². The Hall–Kier alpha value is -2.64. The number of nitrogens with zero attached hydrogens (tertiary/aromatic N) is 2. The maximum atomic E-state index is 13.5. The van der Waals surface area contributed by atoms with Gasteiger partial charge in [-0.2, -0.15) is 4.98 Å². The summed E-state index contributed by atoms with van der Waals surface area (Å²) in [5, 5.41) is 19.9. The summed E-state index contributed by atoms with van der Waals surface area (Å²) in [6, 6.07) is 10.5. The zero-order chi connectivity index (χ0) is 20.4. The molecule has 8 heteroatoms. The summed E-state index contributed by atoms with van der Waals surface area (Å²) < 4.78 is 13.5. The Morgan fingerprint density at radius 2 is 2.07 bits per heavy atom. The quantitative estimate of drug-likeness (QED) is 0.424. The largest absolute Gasteiger partial charge is 0.395 e. The second-order valence-electron chi connectivity index (χ2n) is 7.27. The third-order valence-corrected chi connectivity index (χ3v) is 5.31. The first kappa shape index (κ1) is 19.7. The van der Waals surface area contributed by atoms with E-state index in [1.807, 2.05) is 18.2 Å². The molecular formula is C21H23ClFN5O. The topological polar surface area (TPSA) is 82.1 Å². The summed E-state index contributed by atoms with van der Waals surface area (Å²) >= 11 is 5.90. The number of para-hydroxylation sites is 1. The van der Waals surface area contributed by atoms with Crippen LogP contribution in [0.1, 0.15) is 19.8 Å². The fraction of sp³-hybridized carbons (Fsp3) is 0.333. The lowest BCUT2D eigenvalue weighted by Gasteiger charge is -2.18. The van der Waals surface area contributed by atoms with Crippen molar-refractivity contribution in [1.82, 2.24) is 9.97 Å². The lowest BCUT2D eigenvalue weighted by atomic mass is 10.1. The molecule has 1 fully saturated rings. The molecule has 0 bridgehead atoms. The van der Waals surface area contributed by atoms with Crippen LogP contribution in [-0.2, 0) is 0 Å². The van der Waals surface area contributed by atoms with Gasteiger partial charge in [0.05, 0.1) is 17.3 Å². The molecule has 4 N–H and O–H groups in total. The van der Waals surface area contributed by atoms with Gasteiger partial charge in [0, 0.05) is 23.7 Å². The Labute approximate surface area is 173 Å². The zero-order valence-electron chi connectivity index (χ0n) is 16.0. The van der Waals surface area contributed by atoms with Crippen LogP contribution in [0.15, 0.2) is 36.4 Å². The molecule has 0 amide bonds. The Bertz CT molecular complexity index is 1030. The van der Waals surface area contributed by atoms with Crippen LogP contribution >= 0.6 is 11.6 Å². The van der Waals surface area contributed by atoms with Crippen molar-refractivity contribution >= 4 is 45.6 Å². The van der Waals surface area contributed by atoms with E-state index in [2.05, 4.69) is 32.8 Å². The minimum Gasteiger partial charge on any atom is -0.395 e. The first-order valence-electron chi connectivity index (χ1n) is 9.69. The highest BCUT2D eigenvalue weighted by atomic mass is 35.5. The van der Waals surface area contributed by atoms with Crippen LogP contribution in [-0.4, -0.2) is 34.3 Å². The van der Waals surface area contributed by atoms with Gasteiger partial charge in [-0.05, 0) is 56.0 Å². The van der Waals surface area contributed by atoms with Gasteiger partial charge in [-0.1, -0.05) is 17.7 Å². The number of benzene rings is 2. The van der Waals surface area contributed by atoms with Crippen molar-refractivity contribution in [3.8, 4) is 0 Å². The number of halogens is 2. The number of hydrogen-bond acceptors (Lipinski definition) is 6. The van der Waals surface area contributed by atoms with Gasteiger partial charge >= 0.3 is 0 Å². The van der Waals surface area contributed by atoms with Crippen molar-refractivity contribution < 1.29 is 9.50 Å². The summed E-state index contributed by atoms with van der Waals surface area (Å²) in [6.45, 7) is 2.59. The van der Waals surface area contributed by atoms with Crippen molar-refractivity contribution in [1.29, 1.82) is 0 Å². The van der Waals surface area contributed by atoms with Gasteiger partial charge in [0.1, 0.15) is 17.2 Å². The Morgan fingerprint density at radius 1 is 1.24 bits per heavy atom. The SMILES string of the molecule is CC(Nc1nc(Nc2ccc(F)c(Cl)c2)nc2c(NCCO)cccc12)C1CC1. The van der Waals surface area contributed by atoms with Crippen LogP contribution in [0.2, 0.25) is 5.02 Å². The first-order chi connectivity index (χ1) is 14.0. The minimum absolute atomic E-state index is 0.0183. The number of nitrogens with one attached hydrogen (secondary N) is 3. The molecule has 1 atom stereocenters. The molecule has 3 aromatic rings. The molecule has 6 nitrogen and oxygen atoms in total. The summed E-state index contributed by atoms with van der Waals surface area (Å²) in [7, 11) is 0. The number of aromatic nitrogens is 2. The normalized spacial score (nSPS) is 14.6. The van der Waals surface area contributed by atoms with Crippen LogP contribution in [0.5, 0.6) is 0 Å². The van der Waals surface area contributed by atoms with E-state index < -0.39 is 5.82 Å². The smallest absolute Gasteiger partial charge is 0.229 e. The maximum Gasteiger partial charge on any atom is 0.229 e. The number of rotatable bonds is 8. The van der Waals surface area contributed by atoms with Gasteiger partial charge in [0.2, 0.25) is 5.95 Å². The van der Waals surface area contributed by atoms with Crippen LogP contribution in [0.3, 0.4) is 0 Å². The third kappa shape index (κ3) is 4.52. The summed E-state index contributed by atoms with van der Waals surface area (Å²) in [4.78, 5) is 9.33. The molecule has 4 rings (SSSR count). The lowest BCUT2D eigenvalue weighted by Crippen LogP contribution is -2.19. The van der Waals surface area contributed by atoms with Gasteiger partial charge in [-0.15, -0.1) is 0 Å². The molecule has 0 saturated heterocycles. The van der Waals surface area contributed by atoms with E-state index in [4.69, 9.17) is 11.6 Å². The third-order valence-electron chi connectivity index (χ3n) is 5.02. The minimum atomic E-state index is -0.479. The van der Waals surface area contributed by atoms with Gasteiger partial charge < -0.3 is 21.1 Å². The van der Waals surface area contributed by atoms with Crippen molar-refractivity contribution in [2.75, 3.05) is 29.1 Å². The lowest BCUT2D eigenvalue weighted by molar-refractivity contribution is 0.311. The second kappa shape index (κ2) is 8.39. The number of aliphatic hydroxyl groups excluding tert-OH is 1. The Morgan fingerprint density at radius 3 is 2.79 bits per heavy atom. The highest BCUT2D eigenvalue weighted by Gasteiger charge is 2.28. The Balaban J connectivity index is 1.74. The molecule has 2 aromatic carbocycles. The van der Waals surface area contributed by atoms with E-state index in [9.17, 15) is 9.50 Å². The molecule has 1 heterocycles. The molecule has 0 spiro atoms. The maximum absolute atomic E-state index is 13.5. The van der Waals surface area contributed by atoms with Crippen LogP contribution < -0.4 is 16.0 Å². The van der Waals surface area contributed by atoms with Gasteiger partial charge in [-0.3, -0.25) is 0 Å². The molecule has 0 aliphatic heterocycles. The van der Waals surface area contributed by atoms with Crippen LogP contribution in [0.4, 0.5) is 27.5 Å². The van der Waals surface area contributed by atoms with Crippen molar-refractivity contribution in [2.45, 2.75) is 25.8 Å².